The van der Waals surface area contributed by atoms with Gasteiger partial charge in [-0.1, -0.05) is 156 Å². The third-order valence-corrected chi connectivity index (χ3v) is 20.0. The van der Waals surface area contributed by atoms with Gasteiger partial charge in [-0.2, -0.15) is 0 Å². The van der Waals surface area contributed by atoms with Gasteiger partial charge in [0, 0.05) is 13.2 Å². The van der Waals surface area contributed by atoms with E-state index in [1.54, 1.807) is 103 Å². The molecule has 0 bridgehead atoms. The smallest absolute Gasteiger partial charge is 0.0468 e. The molecular formula is C58H106O. The van der Waals surface area contributed by atoms with Gasteiger partial charge in [-0.3, -0.25) is 0 Å². The molecule has 6 rings (SSSR count). The van der Waals surface area contributed by atoms with E-state index >= 15 is 0 Å². The first-order chi connectivity index (χ1) is 29.1. The maximum Gasteiger partial charge on any atom is 0.0468 e. The second-order valence-corrected chi connectivity index (χ2v) is 23.6. The Bertz CT molecular complexity index is 936. The Balaban J connectivity index is 0.995. The zero-order chi connectivity index (χ0) is 41.1. The molecule has 6 fully saturated rings. The van der Waals surface area contributed by atoms with Crippen LogP contribution in [0, 0.1) is 82.9 Å². The van der Waals surface area contributed by atoms with Gasteiger partial charge in [0.25, 0.3) is 0 Å². The van der Waals surface area contributed by atoms with E-state index in [2.05, 4.69) is 27.7 Å². The lowest BCUT2D eigenvalue weighted by molar-refractivity contribution is 0.0303. The largest absolute Gasteiger partial charge is 0.381 e. The SMILES string of the molecule is CCCCC[C@H]1CC[C@H](C(CCOCCC([C@H]2CC[C@H](CCCCC)CC2)[C@H]2CC[C@H]([C@H]3CC[C@H](CCC)CC3)CC2)[C@H]2CC[C@H]([C@H]3CC[C@H](CCC)CC3)CC2)CC1. The minimum Gasteiger partial charge on any atom is -0.381 e. The van der Waals surface area contributed by atoms with Crippen molar-refractivity contribution in [1.29, 1.82) is 0 Å². The second kappa shape index (κ2) is 27.3. The lowest BCUT2D eigenvalue weighted by Gasteiger charge is -2.43. The lowest BCUT2D eigenvalue weighted by Crippen LogP contribution is -2.34. The predicted octanol–water partition coefficient (Wildman–Crippen LogP) is 18.6. The average Bonchev–Trinajstić information content (AvgIpc) is 3.28. The van der Waals surface area contributed by atoms with Crippen LogP contribution in [0.25, 0.3) is 0 Å². The molecule has 0 aromatic heterocycles. The monoisotopic (exact) mass is 819 g/mol. The third-order valence-electron chi connectivity index (χ3n) is 20.0. The molecule has 0 aromatic carbocycles. The van der Waals surface area contributed by atoms with Crippen LogP contribution >= 0.6 is 0 Å². The zero-order valence-corrected chi connectivity index (χ0v) is 40.8. The Labute approximate surface area is 371 Å². The van der Waals surface area contributed by atoms with Crippen molar-refractivity contribution in [1.82, 2.24) is 0 Å². The van der Waals surface area contributed by atoms with Crippen LogP contribution in [-0.4, -0.2) is 13.2 Å². The van der Waals surface area contributed by atoms with Gasteiger partial charge in [-0.05, 0) is 198 Å². The molecule has 1 nitrogen and oxygen atoms in total. The summed E-state index contributed by atoms with van der Waals surface area (Å²) in [6.45, 7) is 11.7. The van der Waals surface area contributed by atoms with Gasteiger partial charge in [0.1, 0.15) is 0 Å². The average molecular weight is 819 g/mol. The van der Waals surface area contributed by atoms with Gasteiger partial charge in [-0.25, -0.2) is 0 Å². The molecule has 0 aromatic rings. The van der Waals surface area contributed by atoms with Crippen LogP contribution in [-0.2, 0) is 4.74 Å². The maximum atomic E-state index is 6.92. The fourth-order valence-corrected chi connectivity index (χ4v) is 16.2. The van der Waals surface area contributed by atoms with Crippen LogP contribution < -0.4 is 0 Å². The van der Waals surface area contributed by atoms with E-state index in [1.165, 1.54) is 141 Å². The quantitative estimate of drug-likeness (QED) is 0.0882. The first-order valence-corrected chi connectivity index (χ1v) is 28.7. The van der Waals surface area contributed by atoms with E-state index in [9.17, 15) is 0 Å². The van der Waals surface area contributed by atoms with Gasteiger partial charge >= 0.3 is 0 Å². The van der Waals surface area contributed by atoms with Crippen molar-refractivity contribution in [3.05, 3.63) is 0 Å². The Kier molecular flexibility index (Phi) is 22.4. The topological polar surface area (TPSA) is 9.23 Å². The molecule has 2 unspecified atom stereocenters. The summed E-state index contributed by atoms with van der Waals surface area (Å²) in [5.41, 5.74) is 0. The first-order valence-electron chi connectivity index (χ1n) is 28.7. The normalized spacial score (nSPS) is 37.2. The van der Waals surface area contributed by atoms with Gasteiger partial charge in [0.15, 0.2) is 0 Å². The molecule has 6 saturated carbocycles. The molecule has 0 N–H and O–H groups in total. The van der Waals surface area contributed by atoms with Crippen molar-refractivity contribution < 1.29 is 4.74 Å². The highest BCUT2D eigenvalue weighted by atomic mass is 16.5. The van der Waals surface area contributed by atoms with Crippen molar-refractivity contribution in [3.8, 4) is 0 Å². The van der Waals surface area contributed by atoms with E-state index < -0.39 is 0 Å². The summed E-state index contributed by atoms with van der Waals surface area (Å²) in [4.78, 5) is 0. The summed E-state index contributed by atoms with van der Waals surface area (Å²) < 4.78 is 6.92. The molecule has 2 atom stereocenters. The highest BCUT2D eigenvalue weighted by molar-refractivity contribution is 4.90. The molecule has 0 radical (unpaired) electrons. The molecule has 59 heavy (non-hydrogen) atoms. The minimum atomic E-state index is 0.943. The Hall–Kier alpha value is -0.0400. The minimum absolute atomic E-state index is 0.943. The molecule has 0 heterocycles. The molecule has 0 aliphatic heterocycles. The number of unbranched alkanes of at least 4 members (excludes halogenated alkanes) is 4. The molecule has 0 spiro atoms. The van der Waals surface area contributed by atoms with E-state index in [1.807, 2.05) is 0 Å². The van der Waals surface area contributed by atoms with Crippen LogP contribution in [0.5, 0.6) is 0 Å². The molecule has 0 amide bonds. The maximum absolute atomic E-state index is 6.92. The standard InChI is InChI=1S/C58H106O/c1-5-9-11-15-47-21-29-53(30-22-47)57(55-37-33-51(34-38-55)49-25-17-45(13-7-3)18-26-49)41-43-59-44-42-58(54-31-23-48(24-32-54)16-12-10-6-2)56-39-35-52(36-40-56)50-27-19-46(14-8-4)20-28-50/h45-58H,5-44H2,1-4H3/t45-,46-,47-,48-,49-,50-,51-,52-,53-,54-,55-,56-,57?,58?. The number of ether oxygens (including phenoxy) is 1. The van der Waals surface area contributed by atoms with Crippen molar-refractivity contribution in [2.45, 2.75) is 272 Å². The van der Waals surface area contributed by atoms with E-state index in [0.29, 0.717) is 0 Å². The molecular weight excluding hydrogens is 713 g/mol. The highest BCUT2D eigenvalue weighted by Crippen LogP contribution is 2.50. The summed E-state index contributed by atoms with van der Waals surface area (Å²) >= 11 is 0. The van der Waals surface area contributed by atoms with E-state index in [-0.39, 0.29) is 0 Å². The molecule has 0 saturated heterocycles. The summed E-state index contributed by atoms with van der Waals surface area (Å²) in [6.07, 6.45) is 57.3. The van der Waals surface area contributed by atoms with Gasteiger partial charge in [0.05, 0.1) is 0 Å². The van der Waals surface area contributed by atoms with Crippen molar-refractivity contribution >= 4 is 0 Å². The highest BCUT2D eigenvalue weighted by Gasteiger charge is 2.39. The molecule has 1 heteroatoms. The summed E-state index contributed by atoms with van der Waals surface area (Å²) in [5.74, 6) is 14.3. The van der Waals surface area contributed by atoms with Crippen molar-refractivity contribution in [2.24, 2.45) is 82.9 Å². The number of rotatable bonds is 24. The second-order valence-electron chi connectivity index (χ2n) is 23.6. The first kappa shape index (κ1) is 48.4. The summed E-state index contributed by atoms with van der Waals surface area (Å²) in [7, 11) is 0. The van der Waals surface area contributed by atoms with Crippen LogP contribution in [0.15, 0.2) is 0 Å². The molecule has 6 aliphatic carbocycles. The Morgan fingerprint density at radius 2 is 0.576 bits per heavy atom. The van der Waals surface area contributed by atoms with Crippen LogP contribution in [0.4, 0.5) is 0 Å². The van der Waals surface area contributed by atoms with Gasteiger partial charge in [0.2, 0.25) is 0 Å². The molecule has 344 valence electrons. The van der Waals surface area contributed by atoms with Crippen LogP contribution in [0.2, 0.25) is 0 Å². The van der Waals surface area contributed by atoms with Gasteiger partial charge < -0.3 is 4.74 Å². The molecule has 6 aliphatic rings. The van der Waals surface area contributed by atoms with Crippen LogP contribution in [0.1, 0.15) is 272 Å². The van der Waals surface area contributed by atoms with E-state index in [4.69, 9.17) is 4.74 Å². The fraction of sp³-hybridized carbons (Fsp3) is 1.00. The van der Waals surface area contributed by atoms with Gasteiger partial charge in [-0.15, -0.1) is 0 Å². The summed E-state index contributed by atoms with van der Waals surface area (Å²) in [6, 6.07) is 0. The fourth-order valence-electron chi connectivity index (χ4n) is 16.2. The predicted molar refractivity (Wildman–Crippen MR) is 258 cm³/mol. The van der Waals surface area contributed by atoms with Crippen LogP contribution in [0.3, 0.4) is 0 Å². The van der Waals surface area contributed by atoms with Crippen molar-refractivity contribution in [2.75, 3.05) is 13.2 Å². The zero-order valence-electron chi connectivity index (χ0n) is 40.8. The third kappa shape index (κ3) is 15.6. The lowest BCUT2D eigenvalue weighted by atomic mass is 9.63. The van der Waals surface area contributed by atoms with E-state index in [0.717, 1.165) is 96.1 Å². The van der Waals surface area contributed by atoms with Crippen molar-refractivity contribution in [3.63, 3.8) is 0 Å². The summed E-state index contributed by atoms with van der Waals surface area (Å²) in [5, 5.41) is 0. The Morgan fingerprint density at radius 3 is 0.881 bits per heavy atom. The number of hydrogen-bond donors (Lipinski definition) is 0. The Morgan fingerprint density at radius 1 is 0.305 bits per heavy atom. The number of hydrogen-bond acceptors (Lipinski definition) is 1.